The van der Waals surface area contributed by atoms with Gasteiger partial charge >= 0.3 is 6.18 Å². The molecule has 0 saturated carbocycles. The van der Waals surface area contributed by atoms with Gasteiger partial charge in [0.1, 0.15) is 5.82 Å². The van der Waals surface area contributed by atoms with Gasteiger partial charge in [0.15, 0.2) is 0 Å². The number of rotatable bonds is 5. The van der Waals surface area contributed by atoms with E-state index in [4.69, 9.17) is 11.6 Å². The van der Waals surface area contributed by atoms with Gasteiger partial charge in [-0.05, 0) is 48.0 Å². The molecule has 0 aliphatic carbocycles. The number of aromatic nitrogens is 2. The second-order valence-electron chi connectivity index (χ2n) is 6.85. The summed E-state index contributed by atoms with van der Waals surface area (Å²) in [6.45, 7) is 0.241. The van der Waals surface area contributed by atoms with Gasteiger partial charge in [-0.15, -0.1) is 0 Å². The highest BCUT2D eigenvalue weighted by atomic mass is 35.5. The number of hydrogen-bond acceptors (Lipinski definition) is 2. The van der Waals surface area contributed by atoms with Crippen molar-refractivity contribution in [3.05, 3.63) is 101 Å². The van der Waals surface area contributed by atoms with Crippen LogP contribution in [0.25, 0.3) is 16.9 Å². The Kier molecular flexibility index (Phi) is 5.69. The van der Waals surface area contributed by atoms with Gasteiger partial charge in [-0.3, -0.25) is 4.57 Å². The Labute approximate surface area is 180 Å². The topological polar surface area (TPSA) is 29.9 Å². The van der Waals surface area contributed by atoms with Crippen LogP contribution in [-0.4, -0.2) is 9.55 Å². The molecule has 158 valence electrons. The summed E-state index contributed by atoms with van der Waals surface area (Å²) in [6, 6.07) is 18.1. The lowest BCUT2D eigenvalue weighted by Gasteiger charge is -2.11. The third kappa shape index (κ3) is 4.88. The number of nitrogens with one attached hydrogen (secondary N) is 1. The molecule has 3 aromatic carbocycles. The molecular weight excluding hydrogens is 430 g/mol. The summed E-state index contributed by atoms with van der Waals surface area (Å²) in [5.41, 5.74) is 1.95. The Morgan fingerprint density at radius 3 is 2.29 bits per heavy atom. The summed E-state index contributed by atoms with van der Waals surface area (Å²) in [4.78, 5) is 4.59. The average Bonchev–Trinajstić information content (AvgIpc) is 3.17. The van der Waals surface area contributed by atoms with Gasteiger partial charge in [0, 0.05) is 23.3 Å². The van der Waals surface area contributed by atoms with Crippen molar-refractivity contribution in [1.82, 2.24) is 9.55 Å². The molecular formula is C23H16ClF4N3. The van der Waals surface area contributed by atoms with Crippen LogP contribution in [0.4, 0.5) is 23.5 Å². The van der Waals surface area contributed by atoms with Gasteiger partial charge in [0.2, 0.25) is 5.95 Å². The molecule has 0 aliphatic rings. The molecule has 0 fully saturated rings. The van der Waals surface area contributed by atoms with Gasteiger partial charge in [0.05, 0.1) is 16.9 Å². The fourth-order valence-corrected chi connectivity index (χ4v) is 3.21. The summed E-state index contributed by atoms with van der Waals surface area (Å²) in [5.74, 6) is 0.0309. The van der Waals surface area contributed by atoms with Crippen LogP contribution < -0.4 is 5.32 Å². The molecule has 1 heterocycles. The number of hydrogen-bond donors (Lipinski definition) is 1. The van der Waals surface area contributed by atoms with Crippen molar-refractivity contribution in [2.45, 2.75) is 12.7 Å². The third-order valence-electron chi connectivity index (χ3n) is 4.66. The van der Waals surface area contributed by atoms with Crippen molar-refractivity contribution in [3.8, 4) is 16.9 Å². The van der Waals surface area contributed by atoms with Crippen LogP contribution in [0.5, 0.6) is 0 Å². The Morgan fingerprint density at radius 2 is 1.65 bits per heavy atom. The van der Waals surface area contributed by atoms with Crippen molar-refractivity contribution >= 4 is 17.5 Å². The third-order valence-corrected chi connectivity index (χ3v) is 4.92. The fraction of sp³-hybridized carbons (Fsp3) is 0.0870. The first kappa shape index (κ1) is 20.9. The molecule has 0 amide bonds. The largest absolute Gasteiger partial charge is 0.416 e. The molecule has 3 nitrogen and oxygen atoms in total. The first-order chi connectivity index (χ1) is 14.8. The van der Waals surface area contributed by atoms with Crippen LogP contribution in [0.2, 0.25) is 5.02 Å². The Morgan fingerprint density at radius 1 is 0.935 bits per heavy atom. The predicted molar refractivity (Wildman–Crippen MR) is 113 cm³/mol. The van der Waals surface area contributed by atoms with Crippen LogP contribution in [-0.2, 0) is 12.7 Å². The monoisotopic (exact) mass is 445 g/mol. The lowest BCUT2D eigenvalue weighted by Crippen LogP contribution is -2.08. The number of halogens is 5. The summed E-state index contributed by atoms with van der Waals surface area (Å²) in [7, 11) is 0. The fourth-order valence-electron chi connectivity index (χ4n) is 3.08. The van der Waals surface area contributed by atoms with Crippen molar-refractivity contribution < 1.29 is 17.6 Å². The van der Waals surface area contributed by atoms with Crippen LogP contribution in [0, 0.1) is 5.82 Å². The maximum atomic E-state index is 13.8. The molecule has 4 aromatic rings. The van der Waals surface area contributed by atoms with Crippen molar-refractivity contribution in [3.63, 3.8) is 0 Å². The number of alkyl halides is 3. The van der Waals surface area contributed by atoms with E-state index in [1.54, 1.807) is 35.0 Å². The second-order valence-corrected chi connectivity index (χ2v) is 7.29. The van der Waals surface area contributed by atoms with Crippen LogP contribution >= 0.6 is 11.6 Å². The SMILES string of the molecule is Fc1cccc(-n2cc(-c3ccc(Cl)cc3)nc2NCc2ccc(C(F)(F)F)cc2)c1. The summed E-state index contributed by atoms with van der Waals surface area (Å²) < 4.78 is 53.8. The summed E-state index contributed by atoms with van der Waals surface area (Å²) in [6.07, 6.45) is -2.62. The molecule has 1 aromatic heterocycles. The molecule has 4 rings (SSSR count). The highest BCUT2D eigenvalue weighted by molar-refractivity contribution is 6.30. The van der Waals surface area contributed by atoms with Gasteiger partial charge in [0.25, 0.3) is 0 Å². The normalized spacial score (nSPS) is 11.5. The van der Waals surface area contributed by atoms with E-state index in [2.05, 4.69) is 10.3 Å². The van der Waals surface area contributed by atoms with E-state index in [0.29, 0.717) is 27.9 Å². The molecule has 8 heteroatoms. The van der Waals surface area contributed by atoms with E-state index < -0.39 is 17.6 Å². The molecule has 0 atom stereocenters. The van der Waals surface area contributed by atoms with Crippen LogP contribution in [0.3, 0.4) is 0 Å². The number of imidazole rings is 1. The number of anilines is 1. The highest BCUT2D eigenvalue weighted by Crippen LogP contribution is 2.30. The summed E-state index contributed by atoms with van der Waals surface area (Å²) in [5, 5.41) is 3.72. The molecule has 0 radical (unpaired) electrons. The van der Waals surface area contributed by atoms with Gasteiger partial charge < -0.3 is 5.32 Å². The summed E-state index contributed by atoms with van der Waals surface area (Å²) >= 11 is 5.96. The first-order valence-electron chi connectivity index (χ1n) is 9.31. The van der Waals surface area contributed by atoms with Crippen molar-refractivity contribution in [2.24, 2.45) is 0 Å². The van der Waals surface area contributed by atoms with E-state index in [0.717, 1.165) is 17.7 Å². The quantitative estimate of drug-likeness (QED) is 0.336. The standard InChI is InChI=1S/C23H16ClF4N3/c24-18-10-6-16(7-11-18)21-14-31(20-3-1-2-19(25)12-20)22(30-21)29-13-15-4-8-17(9-5-15)23(26,27)28/h1-12,14H,13H2,(H,29,30). The van der Waals surface area contributed by atoms with Crippen molar-refractivity contribution in [1.29, 1.82) is 0 Å². The average molecular weight is 446 g/mol. The van der Waals surface area contributed by atoms with E-state index >= 15 is 0 Å². The van der Waals surface area contributed by atoms with E-state index in [1.165, 1.54) is 24.3 Å². The Hall–Kier alpha value is -3.32. The van der Waals surface area contributed by atoms with Gasteiger partial charge in [-0.1, -0.05) is 41.9 Å². The highest BCUT2D eigenvalue weighted by Gasteiger charge is 2.29. The molecule has 1 N–H and O–H groups in total. The zero-order valence-electron chi connectivity index (χ0n) is 16.0. The molecule has 0 bridgehead atoms. The maximum Gasteiger partial charge on any atom is 0.416 e. The second kappa shape index (κ2) is 8.43. The van der Waals surface area contributed by atoms with E-state index in [-0.39, 0.29) is 6.54 Å². The first-order valence-corrected chi connectivity index (χ1v) is 9.69. The molecule has 0 saturated heterocycles. The van der Waals surface area contributed by atoms with Gasteiger partial charge in [-0.25, -0.2) is 9.37 Å². The van der Waals surface area contributed by atoms with E-state index in [9.17, 15) is 17.6 Å². The molecule has 0 unspecified atom stereocenters. The van der Waals surface area contributed by atoms with Crippen molar-refractivity contribution in [2.75, 3.05) is 5.32 Å². The Bertz CT molecular complexity index is 1180. The lowest BCUT2D eigenvalue weighted by molar-refractivity contribution is -0.137. The minimum Gasteiger partial charge on any atom is -0.351 e. The predicted octanol–water partition coefficient (Wildman–Crippen LogP) is 6.96. The number of benzene rings is 3. The minimum atomic E-state index is -4.38. The zero-order chi connectivity index (χ0) is 22.0. The molecule has 31 heavy (non-hydrogen) atoms. The number of nitrogens with zero attached hydrogens (tertiary/aromatic N) is 2. The van der Waals surface area contributed by atoms with Gasteiger partial charge in [-0.2, -0.15) is 13.2 Å². The minimum absolute atomic E-state index is 0.241. The van der Waals surface area contributed by atoms with Crippen LogP contribution in [0.15, 0.2) is 79.0 Å². The smallest absolute Gasteiger partial charge is 0.351 e. The molecule has 0 aliphatic heterocycles. The zero-order valence-corrected chi connectivity index (χ0v) is 16.8. The molecule has 0 spiro atoms. The maximum absolute atomic E-state index is 13.8. The van der Waals surface area contributed by atoms with E-state index in [1.807, 2.05) is 12.1 Å². The van der Waals surface area contributed by atoms with Crippen LogP contribution in [0.1, 0.15) is 11.1 Å². The Balaban J connectivity index is 1.64. The lowest BCUT2D eigenvalue weighted by atomic mass is 10.1.